The second kappa shape index (κ2) is 7.58. The van der Waals surface area contributed by atoms with Crippen molar-refractivity contribution in [2.24, 2.45) is 0 Å². The fourth-order valence-electron chi connectivity index (χ4n) is 3.89. The van der Waals surface area contributed by atoms with Gasteiger partial charge in [-0.15, -0.1) is 5.10 Å². The molecule has 0 aliphatic carbocycles. The topological polar surface area (TPSA) is 122 Å². The molecule has 4 heterocycles. The minimum Gasteiger partial charge on any atom is -0.506 e. The zero-order valence-electron chi connectivity index (χ0n) is 18.0. The van der Waals surface area contributed by atoms with E-state index in [-0.39, 0.29) is 17.9 Å². The lowest BCUT2D eigenvalue weighted by molar-refractivity contribution is 0.0184. The van der Waals surface area contributed by atoms with Gasteiger partial charge in [-0.2, -0.15) is 10.4 Å². The Bertz CT molecular complexity index is 1170. The predicted octanol–water partition coefficient (Wildman–Crippen LogP) is 3.05. The van der Waals surface area contributed by atoms with Gasteiger partial charge in [-0.05, 0) is 46.6 Å². The van der Waals surface area contributed by atoms with Gasteiger partial charge in [-0.1, -0.05) is 5.21 Å². The van der Waals surface area contributed by atoms with Gasteiger partial charge in [0, 0.05) is 24.8 Å². The van der Waals surface area contributed by atoms with Crippen LogP contribution in [0, 0.1) is 18.3 Å². The fraction of sp³-hybridized carbons (Fsp3) is 0.476. The molecule has 0 atom stereocenters. The highest BCUT2D eigenvalue weighted by molar-refractivity contribution is 5.74. The number of hydrogen-bond acceptors (Lipinski definition) is 7. The highest BCUT2D eigenvalue weighted by Crippen LogP contribution is 2.31. The Hall–Kier alpha value is -3.61. The van der Waals surface area contributed by atoms with E-state index in [4.69, 9.17) is 10.00 Å². The van der Waals surface area contributed by atoms with Gasteiger partial charge < -0.3 is 14.7 Å². The first-order chi connectivity index (χ1) is 14.7. The van der Waals surface area contributed by atoms with Gasteiger partial charge in [0.2, 0.25) is 0 Å². The molecule has 0 aromatic carbocycles. The molecule has 3 aromatic rings. The van der Waals surface area contributed by atoms with Crippen molar-refractivity contribution in [1.29, 1.82) is 5.26 Å². The SMILES string of the molecule is Cc1c(-c2cc(O)c3c(C#N)cnn3c2)nnn1C1CCN(C(=O)OC(C)(C)C)CC1. The van der Waals surface area contributed by atoms with E-state index in [1.807, 2.05) is 38.4 Å². The van der Waals surface area contributed by atoms with E-state index >= 15 is 0 Å². The lowest BCUT2D eigenvalue weighted by Gasteiger charge is -2.33. The maximum Gasteiger partial charge on any atom is 0.410 e. The molecule has 10 heteroatoms. The number of piperidine rings is 1. The Morgan fingerprint density at radius 1 is 1.32 bits per heavy atom. The molecule has 0 bridgehead atoms. The second-order valence-electron chi connectivity index (χ2n) is 8.74. The summed E-state index contributed by atoms with van der Waals surface area (Å²) >= 11 is 0. The molecule has 1 N–H and O–H groups in total. The van der Waals surface area contributed by atoms with Crippen LogP contribution in [-0.2, 0) is 4.74 Å². The molecule has 1 fully saturated rings. The summed E-state index contributed by atoms with van der Waals surface area (Å²) in [5, 5.41) is 32.4. The summed E-state index contributed by atoms with van der Waals surface area (Å²) in [5.74, 6) is -0.0360. The van der Waals surface area contributed by atoms with Crippen LogP contribution in [0.5, 0.6) is 5.75 Å². The molecule has 1 amide bonds. The maximum absolute atomic E-state index is 12.3. The molecule has 0 unspecified atom stereocenters. The number of aromatic hydroxyl groups is 1. The molecule has 1 aliphatic heterocycles. The zero-order chi connectivity index (χ0) is 22.3. The number of nitriles is 1. The molecule has 3 aromatic heterocycles. The molecule has 1 aliphatic rings. The van der Waals surface area contributed by atoms with Gasteiger partial charge in [0.15, 0.2) is 0 Å². The number of carbonyl (C=O) groups excluding carboxylic acids is 1. The van der Waals surface area contributed by atoms with E-state index in [1.165, 1.54) is 10.7 Å². The fourth-order valence-corrected chi connectivity index (χ4v) is 3.89. The van der Waals surface area contributed by atoms with E-state index in [0.29, 0.717) is 35.4 Å². The number of ether oxygens (including phenoxy) is 1. The molecule has 31 heavy (non-hydrogen) atoms. The van der Waals surface area contributed by atoms with Gasteiger partial charge in [0.1, 0.15) is 34.2 Å². The average molecular weight is 423 g/mol. The van der Waals surface area contributed by atoms with Crippen LogP contribution in [0.25, 0.3) is 16.8 Å². The second-order valence-corrected chi connectivity index (χ2v) is 8.74. The summed E-state index contributed by atoms with van der Waals surface area (Å²) in [6.07, 6.45) is 4.35. The number of rotatable bonds is 2. The van der Waals surface area contributed by atoms with E-state index in [2.05, 4.69) is 15.4 Å². The third-order valence-electron chi connectivity index (χ3n) is 5.38. The lowest BCUT2D eigenvalue weighted by atomic mass is 10.0. The van der Waals surface area contributed by atoms with Crippen LogP contribution >= 0.6 is 0 Å². The number of hydrogen-bond donors (Lipinski definition) is 1. The smallest absolute Gasteiger partial charge is 0.410 e. The van der Waals surface area contributed by atoms with Gasteiger partial charge in [-0.3, -0.25) is 0 Å². The monoisotopic (exact) mass is 423 g/mol. The first-order valence-corrected chi connectivity index (χ1v) is 10.2. The standard InChI is InChI=1S/C21H25N7O3/c1-13-18(14-9-17(29)19-15(10-22)11-23-27(19)12-14)24-25-28(13)16-5-7-26(8-6-16)20(30)31-21(2,3)4/h9,11-12,16,29H,5-8H2,1-4H3. The van der Waals surface area contributed by atoms with Crippen LogP contribution in [0.2, 0.25) is 0 Å². The zero-order valence-corrected chi connectivity index (χ0v) is 18.0. The number of aromatic nitrogens is 5. The Kier molecular flexibility index (Phi) is 5.05. The van der Waals surface area contributed by atoms with Gasteiger partial charge >= 0.3 is 6.09 Å². The van der Waals surface area contributed by atoms with Crippen molar-refractivity contribution >= 4 is 11.6 Å². The van der Waals surface area contributed by atoms with Crippen LogP contribution in [-0.4, -0.2) is 59.4 Å². The van der Waals surface area contributed by atoms with Crippen LogP contribution in [0.3, 0.4) is 0 Å². The van der Waals surface area contributed by atoms with Crippen molar-refractivity contribution in [1.82, 2.24) is 29.5 Å². The van der Waals surface area contributed by atoms with Gasteiger partial charge in [0.05, 0.1) is 17.9 Å². The number of fused-ring (bicyclic) bond motifs is 1. The molecular weight excluding hydrogens is 398 g/mol. The Morgan fingerprint density at radius 3 is 2.68 bits per heavy atom. The van der Waals surface area contributed by atoms with Crippen molar-refractivity contribution in [3.8, 4) is 23.1 Å². The molecule has 0 spiro atoms. The molecule has 1 saturated heterocycles. The number of nitrogens with zero attached hydrogens (tertiary/aromatic N) is 7. The largest absolute Gasteiger partial charge is 0.506 e. The third kappa shape index (κ3) is 3.91. The van der Waals surface area contributed by atoms with Gasteiger partial charge in [0.25, 0.3) is 0 Å². The Balaban J connectivity index is 1.53. The predicted molar refractivity (Wildman–Crippen MR) is 111 cm³/mol. The van der Waals surface area contributed by atoms with E-state index in [9.17, 15) is 9.90 Å². The molecule has 4 rings (SSSR count). The third-order valence-corrected chi connectivity index (χ3v) is 5.38. The lowest BCUT2D eigenvalue weighted by Crippen LogP contribution is -2.42. The molecule has 0 radical (unpaired) electrons. The van der Waals surface area contributed by atoms with Crippen molar-refractivity contribution in [3.63, 3.8) is 0 Å². The first kappa shape index (κ1) is 20.7. The molecule has 10 nitrogen and oxygen atoms in total. The summed E-state index contributed by atoms with van der Waals surface area (Å²) in [4.78, 5) is 14.0. The first-order valence-electron chi connectivity index (χ1n) is 10.2. The highest BCUT2D eigenvalue weighted by atomic mass is 16.6. The molecule has 162 valence electrons. The summed E-state index contributed by atoms with van der Waals surface area (Å²) in [5.41, 5.74) is 2.32. The van der Waals surface area contributed by atoms with Crippen LogP contribution < -0.4 is 0 Å². The van der Waals surface area contributed by atoms with Crippen LogP contribution in [0.4, 0.5) is 4.79 Å². The number of pyridine rings is 1. The summed E-state index contributed by atoms with van der Waals surface area (Å²) < 4.78 is 8.82. The van der Waals surface area contributed by atoms with Crippen molar-refractivity contribution < 1.29 is 14.6 Å². The Morgan fingerprint density at radius 2 is 2.03 bits per heavy atom. The minimum atomic E-state index is -0.513. The summed E-state index contributed by atoms with van der Waals surface area (Å²) in [6, 6.07) is 3.71. The maximum atomic E-state index is 12.3. The normalized spacial score (nSPS) is 15.3. The van der Waals surface area contributed by atoms with Crippen LogP contribution in [0.15, 0.2) is 18.5 Å². The van der Waals surface area contributed by atoms with Crippen molar-refractivity contribution in [2.75, 3.05) is 13.1 Å². The minimum absolute atomic E-state index is 0.0360. The number of amides is 1. The van der Waals surface area contributed by atoms with E-state index in [1.54, 1.807) is 17.2 Å². The number of likely N-dealkylation sites (tertiary alicyclic amines) is 1. The van der Waals surface area contributed by atoms with Crippen molar-refractivity contribution in [2.45, 2.75) is 52.2 Å². The van der Waals surface area contributed by atoms with E-state index < -0.39 is 5.60 Å². The molecular formula is C21H25N7O3. The van der Waals surface area contributed by atoms with Crippen LogP contribution in [0.1, 0.15) is 50.9 Å². The van der Waals surface area contributed by atoms with E-state index in [0.717, 1.165) is 18.5 Å². The molecule has 0 saturated carbocycles. The highest BCUT2D eigenvalue weighted by Gasteiger charge is 2.29. The summed E-state index contributed by atoms with van der Waals surface area (Å²) in [7, 11) is 0. The van der Waals surface area contributed by atoms with Crippen molar-refractivity contribution in [3.05, 3.63) is 29.7 Å². The summed E-state index contributed by atoms with van der Waals surface area (Å²) in [6.45, 7) is 8.68. The quantitative estimate of drug-likeness (QED) is 0.672. The average Bonchev–Trinajstić information content (AvgIpc) is 3.30. The Labute approximate surface area is 179 Å². The van der Waals surface area contributed by atoms with Gasteiger partial charge in [-0.25, -0.2) is 14.0 Å². The number of carbonyl (C=O) groups is 1.